The highest BCUT2D eigenvalue weighted by Crippen LogP contribution is 2.36. The van der Waals surface area contributed by atoms with Crippen molar-refractivity contribution in [2.45, 2.75) is 34.1 Å². The first-order valence-corrected chi connectivity index (χ1v) is 12.8. The van der Waals surface area contributed by atoms with Gasteiger partial charge in [-0.15, -0.1) is 0 Å². The van der Waals surface area contributed by atoms with E-state index in [1.165, 1.54) is 11.6 Å². The van der Waals surface area contributed by atoms with Gasteiger partial charge in [0.2, 0.25) is 11.2 Å². The monoisotopic (exact) mass is 649 g/mol. The number of ether oxygens (including phenoxy) is 3. The summed E-state index contributed by atoms with van der Waals surface area (Å²) in [5.41, 5.74) is 2.75. The Morgan fingerprint density at radius 1 is 0.897 bits per heavy atom. The maximum absolute atomic E-state index is 13.6. The minimum atomic E-state index is -0.427. The Morgan fingerprint density at radius 2 is 1.49 bits per heavy atom. The number of benzene rings is 2. The third-order valence-electron chi connectivity index (χ3n) is 5.73. The molecule has 1 aromatic heterocycles. The molecule has 0 saturated carbocycles. The molecular weight excluding hydrogens is 609 g/mol. The molecule has 3 rings (SSSR count). The Bertz CT molecular complexity index is 1360. The van der Waals surface area contributed by atoms with Gasteiger partial charge >= 0.3 is 0 Å². The van der Waals surface area contributed by atoms with Crippen LogP contribution in [-0.4, -0.2) is 57.1 Å². The molecule has 212 valence electrons. The first-order valence-electron chi connectivity index (χ1n) is 12.8. The van der Waals surface area contributed by atoms with E-state index in [0.717, 1.165) is 23.0 Å². The van der Waals surface area contributed by atoms with Crippen molar-refractivity contribution < 1.29 is 52.2 Å². The van der Waals surface area contributed by atoms with Gasteiger partial charge in [-0.3, -0.25) is 4.79 Å². The van der Waals surface area contributed by atoms with Gasteiger partial charge in [0, 0.05) is 24.1 Å². The maximum Gasteiger partial charge on any atom is 0.239 e. The SMILES string of the molecule is CC(C)=CCOc1ccc(-c2oc3cc(OCC=C(C)C)cc(O)c3c(=O)c2OCCC[N+](C)(C)C)cc1.[I-]. The molecule has 0 unspecified atom stereocenters. The molecule has 1 heterocycles. The second-order valence-electron chi connectivity index (χ2n) is 10.8. The number of phenolic OH excluding ortho intramolecular Hbond substituents is 1. The number of aromatic hydroxyl groups is 1. The van der Waals surface area contributed by atoms with Crippen LogP contribution in [0.4, 0.5) is 0 Å². The normalized spacial score (nSPS) is 10.9. The number of halogens is 1. The van der Waals surface area contributed by atoms with Crippen molar-refractivity contribution in [1.82, 2.24) is 0 Å². The molecule has 39 heavy (non-hydrogen) atoms. The van der Waals surface area contributed by atoms with Gasteiger partial charge in [-0.2, -0.15) is 0 Å². The zero-order valence-corrected chi connectivity index (χ0v) is 26.1. The Hall–Kier alpha value is -2.98. The topological polar surface area (TPSA) is 78.1 Å². The first kappa shape index (κ1) is 32.2. The second kappa shape index (κ2) is 14.4. The summed E-state index contributed by atoms with van der Waals surface area (Å²) in [6.45, 7) is 10.0. The molecule has 2 aromatic carbocycles. The highest BCUT2D eigenvalue weighted by atomic mass is 127. The molecule has 0 aliphatic rings. The predicted octanol–water partition coefficient (Wildman–Crippen LogP) is 3.33. The lowest BCUT2D eigenvalue weighted by atomic mass is 10.1. The van der Waals surface area contributed by atoms with Crippen molar-refractivity contribution in [2.75, 3.05) is 47.5 Å². The van der Waals surface area contributed by atoms with E-state index in [1.807, 2.05) is 64.1 Å². The summed E-state index contributed by atoms with van der Waals surface area (Å²) < 4.78 is 24.6. The highest BCUT2D eigenvalue weighted by molar-refractivity contribution is 5.88. The van der Waals surface area contributed by atoms with E-state index in [9.17, 15) is 9.90 Å². The Labute approximate surface area is 248 Å². The van der Waals surface area contributed by atoms with Crippen LogP contribution in [-0.2, 0) is 0 Å². The second-order valence-corrected chi connectivity index (χ2v) is 10.8. The zero-order chi connectivity index (χ0) is 27.9. The average molecular weight is 650 g/mol. The van der Waals surface area contributed by atoms with Crippen LogP contribution in [0.2, 0.25) is 0 Å². The van der Waals surface area contributed by atoms with Crippen LogP contribution in [0.25, 0.3) is 22.3 Å². The van der Waals surface area contributed by atoms with Gasteiger partial charge in [0.1, 0.15) is 41.4 Å². The number of nitrogens with zero attached hydrogens (tertiary/aromatic N) is 1. The maximum atomic E-state index is 13.6. The number of rotatable bonds is 12. The van der Waals surface area contributed by atoms with Crippen LogP contribution in [0.5, 0.6) is 23.0 Å². The molecule has 0 spiro atoms. The molecule has 0 amide bonds. The Morgan fingerprint density at radius 3 is 2.05 bits per heavy atom. The van der Waals surface area contributed by atoms with E-state index in [-0.39, 0.29) is 46.4 Å². The number of hydrogen-bond acceptors (Lipinski definition) is 6. The van der Waals surface area contributed by atoms with Crippen LogP contribution in [0.1, 0.15) is 34.1 Å². The Balaban J connectivity index is 0.00000533. The lowest BCUT2D eigenvalue weighted by Crippen LogP contribution is -3.00. The summed E-state index contributed by atoms with van der Waals surface area (Å²) >= 11 is 0. The van der Waals surface area contributed by atoms with Crippen molar-refractivity contribution in [3.63, 3.8) is 0 Å². The van der Waals surface area contributed by atoms with Crippen LogP contribution >= 0.6 is 0 Å². The average Bonchev–Trinajstić information content (AvgIpc) is 2.82. The van der Waals surface area contributed by atoms with Gasteiger partial charge in [0.15, 0.2) is 5.76 Å². The van der Waals surface area contributed by atoms with E-state index >= 15 is 0 Å². The number of hydrogen-bond donors (Lipinski definition) is 1. The molecule has 7 nitrogen and oxygen atoms in total. The minimum Gasteiger partial charge on any atom is -1.00 e. The standard InChI is InChI=1S/C31H39NO6.HI/c1-21(2)13-17-35-24-11-9-23(10-12-24)30-31(37-16-8-15-32(5,6)7)29(34)28-26(33)19-25(20-27(28)38-30)36-18-14-22(3)4;/h9-14,19-20H,8,15-18H2,1-7H3;1H. The van der Waals surface area contributed by atoms with Gasteiger partial charge in [-0.05, 0) is 64.1 Å². The van der Waals surface area contributed by atoms with Crippen molar-refractivity contribution in [1.29, 1.82) is 0 Å². The quantitative estimate of drug-likeness (QED) is 0.141. The van der Waals surface area contributed by atoms with Crippen LogP contribution in [0.15, 0.2) is 68.9 Å². The van der Waals surface area contributed by atoms with E-state index in [0.29, 0.717) is 42.6 Å². The molecule has 0 atom stereocenters. The van der Waals surface area contributed by atoms with Crippen LogP contribution in [0, 0.1) is 0 Å². The van der Waals surface area contributed by atoms with E-state index in [4.69, 9.17) is 18.6 Å². The molecule has 0 radical (unpaired) electrons. The zero-order valence-electron chi connectivity index (χ0n) is 24.0. The fraction of sp³-hybridized carbons (Fsp3) is 0.387. The minimum absolute atomic E-state index is 0. The number of phenols is 1. The summed E-state index contributed by atoms with van der Waals surface area (Å²) in [5, 5.41) is 10.8. The summed E-state index contributed by atoms with van der Waals surface area (Å²) in [4.78, 5) is 13.6. The summed E-state index contributed by atoms with van der Waals surface area (Å²) in [7, 11) is 6.31. The van der Waals surface area contributed by atoms with Gasteiger partial charge in [-0.1, -0.05) is 11.1 Å². The lowest BCUT2D eigenvalue weighted by Gasteiger charge is -2.23. The lowest BCUT2D eigenvalue weighted by molar-refractivity contribution is -0.870. The fourth-order valence-corrected chi connectivity index (χ4v) is 3.69. The largest absolute Gasteiger partial charge is 1.00 e. The van der Waals surface area contributed by atoms with Crippen LogP contribution < -0.4 is 43.6 Å². The molecule has 0 aliphatic carbocycles. The predicted molar refractivity (Wildman–Crippen MR) is 152 cm³/mol. The van der Waals surface area contributed by atoms with E-state index in [2.05, 4.69) is 21.1 Å². The van der Waals surface area contributed by atoms with Gasteiger partial charge in [-0.25, -0.2) is 0 Å². The van der Waals surface area contributed by atoms with Crippen molar-refractivity contribution in [3.05, 3.63) is 69.9 Å². The molecule has 8 heteroatoms. The number of allylic oxidation sites excluding steroid dienone is 2. The molecule has 0 saturated heterocycles. The molecule has 1 N–H and O–H groups in total. The van der Waals surface area contributed by atoms with E-state index in [1.54, 1.807) is 6.07 Å². The van der Waals surface area contributed by atoms with Crippen LogP contribution in [0.3, 0.4) is 0 Å². The van der Waals surface area contributed by atoms with Crippen molar-refractivity contribution in [2.24, 2.45) is 0 Å². The fourth-order valence-electron chi connectivity index (χ4n) is 3.69. The summed E-state index contributed by atoms with van der Waals surface area (Å²) in [6, 6.07) is 10.4. The molecular formula is C31H40INO6. The van der Waals surface area contributed by atoms with Gasteiger partial charge < -0.3 is 52.2 Å². The highest BCUT2D eigenvalue weighted by Gasteiger charge is 2.21. The third-order valence-corrected chi connectivity index (χ3v) is 5.73. The summed E-state index contributed by atoms with van der Waals surface area (Å²) in [5.74, 6) is 1.26. The smallest absolute Gasteiger partial charge is 0.239 e. The summed E-state index contributed by atoms with van der Waals surface area (Å²) in [6.07, 6.45) is 4.68. The van der Waals surface area contributed by atoms with Crippen molar-refractivity contribution >= 4 is 11.0 Å². The number of quaternary nitrogens is 1. The van der Waals surface area contributed by atoms with E-state index < -0.39 is 5.43 Å². The molecule has 3 aromatic rings. The molecule has 0 fully saturated rings. The third kappa shape index (κ3) is 9.61. The molecule has 0 aliphatic heterocycles. The van der Waals surface area contributed by atoms with Gasteiger partial charge in [0.25, 0.3) is 0 Å². The Kier molecular flexibility index (Phi) is 11.9. The molecule has 0 bridgehead atoms. The number of fused-ring (bicyclic) bond motifs is 1. The first-order chi connectivity index (χ1) is 17.9. The van der Waals surface area contributed by atoms with Crippen molar-refractivity contribution in [3.8, 4) is 34.3 Å². The van der Waals surface area contributed by atoms with Gasteiger partial charge in [0.05, 0.1) is 34.3 Å².